The van der Waals surface area contributed by atoms with Crippen LogP contribution in [0.4, 0.5) is 0 Å². The topological polar surface area (TPSA) is 88.9 Å². The van der Waals surface area contributed by atoms with Crippen LogP contribution in [0.3, 0.4) is 0 Å². The van der Waals surface area contributed by atoms with Gasteiger partial charge in [0.1, 0.15) is 11.5 Å². The highest BCUT2D eigenvalue weighted by atomic mass is 32.2. The van der Waals surface area contributed by atoms with E-state index in [9.17, 15) is 13.2 Å². The first kappa shape index (κ1) is 18.0. The summed E-state index contributed by atoms with van der Waals surface area (Å²) in [6.07, 6.45) is 1.48. The molecule has 1 aromatic heterocycles. The minimum Gasteiger partial charge on any atom is -0.496 e. The molecule has 1 amide bonds. The van der Waals surface area contributed by atoms with E-state index in [0.29, 0.717) is 18.1 Å². The summed E-state index contributed by atoms with van der Waals surface area (Å²) < 4.78 is 36.9. The molecule has 8 heteroatoms. The average molecular weight is 352 g/mol. The van der Waals surface area contributed by atoms with Crippen molar-refractivity contribution in [3.63, 3.8) is 0 Å². The Morgan fingerprint density at radius 1 is 1.33 bits per heavy atom. The van der Waals surface area contributed by atoms with Crippen LogP contribution in [0.2, 0.25) is 0 Å². The van der Waals surface area contributed by atoms with Crippen LogP contribution in [0, 0.1) is 0 Å². The lowest BCUT2D eigenvalue weighted by molar-refractivity contribution is 0.0952. The lowest BCUT2D eigenvalue weighted by Gasteiger charge is -2.17. The van der Waals surface area contributed by atoms with Crippen LogP contribution < -0.4 is 10.1 Å². The quantitative estimate of drug-likeness (QED) is 0.821. The van der Waals surface area contributed by atoms with Crippen LogP contribution in [0.15, 0.2) is 45.9 Å². The van der Waals surface area contributed by atoms with E-state index >= 15 is 0 Å². The zero-order valence-corrected chi connectivity index (χ0v) is 14.6. The van der Waals surface area contributed by atoms with Crippen molar-refractivity contribution < 1.29 is 22.4 Å². The highest BCUT2D eigenvalue weighted by Gasteiger charge is 2.24. The number of carbonyl (C=O) groups is 1. The minimum absolute atomic E-state index is 0.0126. The maximum atomic E-state index is 12.7. The van der Waals surface area contributed by atoms with Crippen LogP contribution >= 0.6 is 0 Å². The van der Waals surface area contributed by atoms with Crippen molar-refractivity contribution in [2.45, 2.75) is 18.4 Å². The summed E-state index contributed by atoms with van der Waals surface area (Å²) in [7, 11) is -0.895. The first-order valence-corrected chi connectivity index (χ1v) is 8.79. The number of benzene rings is 1. The summed E-state index contributed by atoms with van der Waals surface area (Å²) in [6, 6.07) is 7.59. The number of ether oxygens (including phenoxy) is 1. The van der Waals surface area contributed by atoms with Crippen molar-refractivity contribution in [2.75, 3.05) is 20.7 Å². The minimum atomic E-state index is -3.77. The summed E-state index contributed by atoms with van der Waals surface area (Å²) in [5, 5.41) is 2.64. The van der Waals surface area contributed by atoms with Gasteiger partial charge in [-0.05, 0) is 37.3 Å². The molecule has 0 atom stereocenters. The van der Waals surface area contributed by atoms with Crippen molar-refractivity contribution in [3.8, 4) is 5.75 Å². The van der Waals surface area contributed by atoms with Crippen LogP contribution in [0.5, 0.6) is 5.75 Å². The van der Waals surface area contributed by atoms with Crippen molar-refractivity contribution >= 4 is 15.9 Å². The summed E-state index contributed by atoms with van der Waals surface area (Å²) in [6.45, 7) is 2.30. The molecule has 0 aliphatic rings. The lowest BCUT2D eigenvalue weighted by atomic mass is 10.2. The van der Waals surface area contributed by atoms with Crippen molar-refractivity contribution in [2.24, 2.45) is 0 Å². The van der Waals surface area contributed by atoms with E-state index in [2.05, 4.69) is 5.32 Å². The van der Waals surface area contributed by atoms with Crippen molar-refractivity contribution in [1.82, 2.24) is 9.62 Å². The van der Waals surface area contributed by atoms with Gasteiger partial charge in [0.05, 0.1) is 30.4 Å². The van der Waals surface area contributed by atoms with E-state index in [-0.39, 0.29) is 22.9 Å². The summed E-state index contributed by atoms with van der Waals surface area (Å²) in [5.41, 5.74) is 0.173. The standard InChI is InChI=1S/C16H20N2O5S/c1-4-17-16(19)14-10-13(7-8-15(14)22-3)24(20,21)18(2)11-12-6-5-9-23-12/h5-10H,4,11H2,1-3H3,(H,17,19). The smallest absolute Gasteiger partial charge is 0.255 e. The Morgan fingerprint density at radius 3 is 2.67 bits per heavy atom. The lowest BCUT2D eigenvalue weighted by Crippen LogP contribution is -2.27. The fraction of sp³-hybridized carbons (Fsp3) is 0.312. The molecule has 0 saturated carbocycles. The molecule has 0 fully saturated rings. The number of methoxy groups -OCH3 is 1. The van der Waals surface area contributed by atoms with Crippen LogP contribution in [0.1, 0.15) is 23.0 Å². The number of furan rings is 1. The Bertz CT molecular complexity index is 800. The number of amides is 1. The van der Waals surface area contributed by atoms with Gasteiger partial charge in [0.2, 0.25) is 10.0 Å². The molecule has 0 aliphatic carbocycles. The summed E-state index contributed by atoms with van der Waals surface area (Å²) in [4.78, 5) is 12.1. The van der Waals surface area contributed by atoms with Gasteiger partial charge in [-0.25, -0.2) is 8.42 Å². The third-order valence-corrected chi connectivity index (χ3v) is 5.22. The van der Waals surface area contributed by atoms with Gasteiger partial charge < -0.3 is 14.5 Å². The highest BCUT2D eigenvalue weighted by Crippen LogP contribution is 2.25. The summed E-state index contributed by atoms with van der Waals surface area (Å²) in [5.74, 6) is 0.451. The number of sulfonamides is 1. The molecule has 2 rings (SSSR count). The zero-order chi connectivity index (χ0) is 17.7. The predicted octanol–water partition coefficient (Wildman–Crippen LogP) is 1.86. The maximum absolute atomic E-state index is 12.7. The number of nitrogens with one attached hydrogen (secondary N) is 1. The predicted molar refractivity (Wildman–Crippen MR) is 88.4 cm³/mol. The van der Waals surface area contributed by atoms with Gasteiger partial charge in [0.15, 0.2) is 0 Å². The van der Waals surface area contributed by atoms with Gasteiger partial charge in [0, 0.05) is 13.6 Å². The molecule has 1 heterocycles. The van der Waals surface area contributed by atoms with E-state index in [0.717, 1.165) is 4.31 Å². The fourth-order valence-corrected chi connectivity index (χ4v) is 3.33. The number of hydrogen-bond donors (Lipinski definition) is 1. The number of nitrogens with zero attached hydrogens (tertiary/aromatic N) is 1. The molecule has 130 valence electrons. The molecule has 0 radical (unpaired) electrons. The molecule has 7 nitrogen and oxygen atoms in total. The number of hydrogen-bond acceptors (Lipinski definition) is 5. The van der Waals surface area contributed by atoms with E-state index in [1.54, 1.807) is 19.1 Å². The van der Waals surface area contributed by atoms with Crippen LogP contribution in [0.25, 0.3) is 0 Å². The molecule has 0 bridgehead atoms. The second kappa shape index (κ2) is 7.50. The van der Waals surface area contributed by atoms with Crippen LogP contribution in [-0.4, -0.2) is 39.3 Å². The molecular weight excluding hydrogens is 332 g/mol. The molecule has 2 aromatic rings. The Kier molecular flexibility index (Phi) is 5.63. The van der Waals surface area contributed by atoms with Gasteiger partial charge in [-0.3, -0.25) is 4.79 Å². The first-order valence-electron chi connectivity index (χ1n) is 7.35. The molecule has 1 aromatic carbocycles. The SMILES string of the molecule is CCNC(=O)c1cc(S(=O)(=O)N(C)Cc2ccco2)ccc1OC. The van der Waals surface area contributed by atoms with Gasteiger partial charge in [-0.2, -0.15) is 4.31 Å². The van der Waals surface area contributed by atoms with E-state index in [4.69, 9.17) is 9.15 Å². The number of carbonyl (C=O) groups excluding carboxylic acids is 1. The normalized spacial score (nSPS) is 11.5. The highest BCUT2D eigenvalue weighted by molar-refractivity contribution is 7.89. The molecule has 24 heavy (non-hydrogen) atoms. The molecule has 0 unspecified atom stereocenters. The monoisotopic (exact) mass is 352 g/mol. The van der Waals surface area contributed by atoms with E-state index < -0.39 is 10.0 Å². The second-order valence-electron chi connectivity index (χ2n) is 5.06. The zero-order valence-electron chi connectivity index (χ0n) is 13.8. The first-order chi connectivity index (χ1) is 11.4. The third-order valence-electron chi connectivity index (χ3n) is 3.42. The fourth-order valence-electron chi connectivity index (χ4n) is 2.17. The van der Waals surface area contributed by atoms with Gasteiger partial charge in [0.25, 0.3) is 5.91 Å². The summed E-state index contributed by atoms with van der Waals surface area (Å²) >= 11 is 0. The average Bonchev–Trinajstić information content (AvgIpc) is 3.07. The van der Waals surface area contributed by atoms with E-state index in [1.165, 1.54) is 38.6 Å². The third kappa shape index (κ3) is 3.77. The Balaban J connectivity index is 2.35. The van der Waals surface area contributed by atoms with E-state index in [1.807, 2.05) is 0 Å². The van der Waals surface area contributed by atoms with Gasteiger partial charge in [-0.15, -0.1) is 0 Å². The Morgan fingerprint density at radius 2 is 2.08 bits per heavy atom. The molecular formula is C16H20N2O5S. The molecule has 0 saturated heterocycles. The van der Waals surface area contributed by atoms with Crippen molar-refractivity contribution in [3.05, 3.63) is 47.9 Å². The maximum Gasteiger partial charge on any atom is 0.255 e. The number of rotatable bonds is 7. The van der Waals surface area contributed by atoms with Gasteiger partial charge >= 0.3 is 0 Å². The molecule has 1 N–H and O–H groups in total. The molecule has 0 aliphatic heterocycles. The van der Waals surface area contributed by atoms with Gasteiger partial charge in [-0.1, -0.05) is 0 Å². The largest absolute Gasteiger partial charge is 0.496 e. The van der Waals surface area contributed by atoms with Crippen LogP contribution in [-0.2, 0) is 16.6 Å². The van der Waals surface area contributed by atoms with Crippen molar-refractivity contribution in [1.29, 1.82) is 0 Å². The Labute approximate surface area is 141 Å². The second-order valence-corrected chi connectivity index (χ2v) is 7.11. The molecule has 0 spiro atoms. The Hall–Kier alpha value is -2.32.